The zero-order valence-corrected chi connectivity index (χ0v) is 20.3. The number of carbonyl (C=O) groups is 1. The van der Waals surface area contributed by atoms with Gasteiger partial charge in [-0.3, -0.25) is 4.90 Å². The SMILES string of the molecule is CCOCCOc1ccc(S(=O)(=O)N2CCN(C(C(=O)OC)c3ccccc3Cl)CC2)cc1. The van der Waals surface area contributed by atoms with Crippen LogP contribution in [0.5, 0.6) is 5.75 Å². The molecular formula is C23H29ClN2O6S. The van der Waals surface area contributed by atoms with Gasteiger partial charge in [-0.2, -0.15) is 4.31 Å². The third-order valence-corrected chi connectivity index (χ3v) is 7.68. The smallest absolute Gasteiger partial charge is 0.327 e. The second-order valence-corrected chi connectivity index (χ2v) is 9.75. The molecule has 1 unspecified atom stereocenters. The molecule has 10 heteroatoms. The molecule has 1 fully saturated rings. The van der Waals surface area contributed by atoms with Gasteiger partial charge in [-0.15, -0.1) is 0 Å². The lowest BCUT2D eigenvalue weighted by Crippen LogP contribution is -2.51. The zero-order valence-electron chi connectivity index (χ0n) is 18.8. The zero-order chi connectivity index (χ0) is 23.8. The van der Waals surface area contributed by atoms with Crippen LogP contribution in [0.3, 0.4) is 0 Å². The van der Waals surface area contributed by atoms with Gasteiger partial charge >= 0.3 is 5.97 Å². The number of carbonyl (C=O) groups excluding carboxylic acids is 1. The Morgan fingerprint density at radius 1 is 1.03 bits per heavy atom. The van der Waals surface area contributed by atoms with Crippen LogP contribution < -0.4 is 4.74 Å². The maximum atomic E-state index is 13.1. The van der Waals surface area contributed by atoms with Gasteiger partial charge in [0.25, 0.3) is 0 Å². The fraction of sp³-hybridized carbons (Fsp3) is 0.435. The molecule has 0 saturated carbocycles. The average Bonchev–Trinajstić information content (AvgIpc) is 2.83. The Morgan fingerprint density at radius 2 is 1.70 bits per heavy atom. The number of methoxy groups -OCH3 is 1. The van der Waals surface area contributed by atoms with Crippen LogP contribution in [-0.4, -0.2) is 76.7 Å². The molecule has 2 aromatic rings. The first kappa shape index (κ1) is 25.5. The van der Waals surface area contributed by atoms with Crippen LogP contribution in [0.4, 0.5) is 0 Å². The summed E-state index contributed by atoms with van der Waals surface area (Å²) in [6.45, 7) is 4.61. The third kappa shape index (κ3) is 6.24. The lowest BCUT2D eigenvalue weighted by Gasteiger charge is -2.37. The Hall–Kier alpha value is -2.17. The van der Waals surface area contributed by atoms with E-state index in [4.69, 9.17) is 25.8 Å². The lowest BCUT2D eigenvalue weighted by molar-refractivity contribution is -0.147. The van der Waals surface area contributed by atoms with Crippen LogP contribution in [0.1, 0.15) is 18.5 Å². The molecule has 1 aliphatic rings. The number of benzene rings is 2. The van der Waals surface area contributed by atoms with Crippen molar-refractivity contribution >= 4 is 27.6 Å². The Bertz CT molecular complexity index is 1020. The Kier molecular flexibility index (Phi) is 9.10. The minimum Gasteiger partial charge on any atom is -0.491 e. The lowest BCUT2D eigenvalue weighted by atomic mass is 10.0. The van der Waals surface area contributed by atoms with Crippen molar-refractivity contribution in [2.24, 2.45) is 0 Å². The first-order chi connectivity index (χ1) is 15.9. The standard InChI is InChI=1S/C23H29ClN2O6S/c1-3-31-16-17-32-18-8-10-19(11-9-18)33(28,29)26-14-12-25(13-15-26)22(23(27)30-2)20-6-4-5-7-21(20)24/h4-11,22H,3,12-17H2,1-2H3. The van der Waals surface area contributed by atoms with Gasteiger partial charge in [0, 0.05) is 37.8 Å². The summed E-state index contributed by atoms with van der Waals surface area (Å²) in [7, 11) is -2.34. The van der Waals surface area contributed by atoms with Crippen LogP contribution in [0.15, 0.2) is 53.4 Å². The van der Waals surface area contributed by atoms with E-state index in [2.05, 4.69) is 0 Å². The van der Waals surface area contributed by atoms with E-state index in [1.165, 1.54) is 11.4 Å². The largest absolute Gasteiger partial charge is 0.491 e. The molecule has 3 rings (SSSR count). The van der Waals surface area contributed by atoms with Gasteiger partial charge in [-0.05, 0) is 42.8 Å². The summed E-state index contributed by atoms with van der Waals surface area (Å²) in [6.07, 6.45) is 0. The maximum Gasteiger partial charge on any atom is 0.327 e. The molecule has 2 aromatic carbocycles. The molecular weight excluding hydrogens is 468 g/mol. The monoisotopic (exact) mass is 496 g/mol. The Balaban J connectivity index is 1.66. The molecule has 33 heavy (non-hydrogen) atoms. The normalized spacial score (nSPS) is 16.3. The molecule has 0 radical (unpaired) electrons. The number of rotatable bonds is 10. The third-order valence-electron chi connectivity index (χ3n) is 5.42. The van der Waals surface area contributed by atoms with E-state index in [-0.39, 0.29) is 18.0 Å². The van der Waals surface area contributed by atoms with Crippen LogP contribution >= 0.6 is 11.6 Å². The van der Waals surface area contributed by atoms with Crippen molar-refractivity contribution in [3.63, 3.8) is 0 Å². The summed E-state index contributed by atoms with van der Waals surface area (Å²) in [5.41, 5.74) is 0.641. The van der Waals surface area contributed by atoms with Crippen LogP contribution in [0.25, 0.3) is 0 Å². The minimum absolute atomic E-state index is 0.198. The topological polar surface area (TPSA) is 85.4 Å². The fourth-order valence-corrected chi connectivity index (χ4v) is 5.36. The number of hydrogen-bond donors (Lipinski definition) is 0. The van der Waals surface area contributed by atoms with E-state index in [9.17, 15) is 13.2 Å². The summed E-state index contributed by atoms with van der Waals surface area (Å²) in [6, 6.07) is 12.8. The number of halogens is 1. The number of sulfonamides is 1. The molecule has 0 spiro atoms. The average molecular weight is 497 g/mol. The van der Waals surface area contributed by atoms with Crippen LogP contribution in [0, 0.1) is 0 Å². The van der Waals surface area contributed by atoms with E-state index in [0.29, 0.717) is 49.2 Å². The molecule has 0 aliphatic carbocycles. The summed E-state index contributed by atoms with van der Waals surface area (Å²) >= 11 is 6.32. The van der Waals surface area contributed by atoms with E-state index >= 15 is 0 Å². The van der Waals surface area contributed by atoms with E-state index in [1.54, 1.807) is 42.5 Å². The van der Waals surface area contributed by atoms with Crippen molar-refractivity contribution in [1.82, 2.24) is 9.21 Å². The second kappa shape index (κ2) is 11.8. The Morgan fingerprint density at radius 3 is 2.30 bits per heavy atom. The highest BCUT2D eigenvalue weighted by Gasteiger charge is 2.35. The van der Waals surface area contributed by atoms with Crippen molar-refractivity contribution in [2.45, 2.75) is 17.9 Å². The molecule has 8 nitrogen and oxygen atoms in total. The van der Waals surface area contributed by atoms with Gasteiger partial charge in [0.2, 0.25) is 10.0 Å². The molecule has 1 saturated heterocycles. The highest BCUT2D eigenvalue weighted by atomic mass is 35.5. The Labute approximate surface area is 200 Å². The number of nitrogens with zero attached hydrogens (tertiary/aromatic N) is 2. The van der Waals surface area contributed by atoms with Gasteiger partial charge in [-0.25, -0.2) is 13.2 Å². The van der Waals surface area contributed by atoms with Gasteiger partial charge in [0.05, 0.1) is 18.6 Å². The van der Waals surface area contributed by atoms with Crippen LogP contribution in [0.2, 0.25) is 5.02 Å². The maximum absolute atomic E-state index is 13.1. The highest BCUT2D eigenvalue weighted by Crippen LogP contribution is 2.30. The number of piperazine rings is 1. The first-order valence-electron chi connectivity index (χ1n) is 10.8. The second-order valence-electron chi connectivity index (χ2n) is 7.40. The summed E-state index contributed by atoms with van der Waals surface area (Å²) < 4.78 is 43.4. The van der Waals surface area contributed by atoms with Crippen molar-refractivity contribution in [2.75, 3.05) is 53.1 Å². The minimum atomic E-state index is -3.67. The molecule has 1 heterocycles. The van der Waals surface area contributed by atoms with E-state index in [0.717, 1.165) is 0 Å². The van der Waals surface area contributed by atoms with Gasteiger partial charge in [0.1, 0.15) is 18.4 Å². The molecule has 0 amide bonds. The number of hydrogen-bond acceptors (Lipinski definition) is 7. The predicted molar refractivity (Wildman–Crippen MR) is 125 cm³/mol. The van der Waals surface area contributed by atoms with Crippen LogP contribution in [-0.2, 0) is 24.3 Å². The number of esters is 1. The summed E-state index contributed by atoms with van der Waals surface area (Å²) in [5, 5.41) is 0.464. The fourth-order valence-electron chi connectivity index (χ4n) is 3.70. The van der Waals surface area contributed by atoms with Gasteiger partial charge in [0.15, 0.2) is 0 Å². The predicted octanol–water partition coefficient (Wildman–Crippen LogP) is 2.98. The van der Waals surface area contributed by atoms with E-state index in [1.807, 2.05) is 17.9 Å². The molecule has 0 N–H and O–H groups in total. The molecule has 0 aromatic heterocycles. The molecule has 180 valence electrons. The summed E-state index contributed by atoms with van der Waals surface area (Å²) in [4.78, 5) is 14.6. The van der Waals surface area contributed by atoms with Crippen molar-refractivity contribution in [3.8, 4) is 5.75 Å². The van der Waals surface area contributed by atoms with Gasteiger partial charge in [-0.1, -0.05) is 29.8 Å². The first-order valence-corrected chi connectivity index (χ1v) is 12.6. The molecule has 0 bridgehead atoms. The molecule has 1 aliphatic heterocycles. The highest BCUT2D eigenvalue weighted by molar-refractivity contribution is 7.89. The summed E-state index contributed by atoms with van der Waals surface area (Å²) in [5.74, 6) is 0.151. The van der Waals surface area contributed by atoms with E-state index < -0.39 is 22.0 Å². The van der Waals surface area contributed by atoms with Crippen molar-refractivity contribution < 1.29 is 27.4 Å². The quantitative estimate of drug-likeness (QED) is 0.369. The van der Waals surface area contributed by atoms with Gasteiger partial charge < -0.3 is 14.2 Å². The molecule has 1 atom stereocenters. The van der Waals surface area contributed by atoms with Crippen molar-refractivity contribution in [3.05, 3.63) is 59.1 Å². The number of ether oxygens (including phenoxy) is 3. The van der Waals surface area contributed by atoms with Crippen molar-refractivity contribution in [1.29, 1.82) is 0 Å².